The monoisotopic (exact) mass is 189 g/mol. The van der Waals surface area contributed by atoms with Crippen molar-refractivity contribution in [1.82, 2.24) is 5.32 Å². The summed E-state index contributed by atoms with van der Waals surface area (Å²) in [6.07, 6.45) is -0.623. The Labute approximate surface area is 79.3 Å². The third kappa shape index (κ3) is 5.47. The van der Waals surface area contributed by atoms with Crippen LogP contribution in [0.5, 0.6) is 0 Å². The number of carbonyl (C=O) groups excluding carboxylic acids is 1. The molecule has 0 saturated carbocycles. The van der Waals surface area contributed by atoms with E-state index in [2.05, 4.69) is 5.32 Å². The highest BCUT2D eigenvalue weighted by molar-refractivity contribution is 5.67. The molecule has 0 aromatic rings. The molecule has 0 aliphatic carbocycles. The van der Waals surface area contributed by atoms with Gasteiger partial charge in [-0.05, 0) is 12.3 Å². The van der Waals surface area contributed by atoms with Crippen molar-refractivity contribution in [3.8, 4) is 0 Å². The van der Waals surface area contributed by atoms with Crippen molar-refractivity contribution in [2.24, 2.45) is 5.41 Å². The quantitative estimate of drug-likeness (QED) is 0.700. The zero-order valence-corrected chi connectivity index (χ0v) is 8.76. The first-order chi connectivity index (χ1) is 5.88. The Morgan fingerprint density at radius 2 is 2.08 bits per heavy atom. The zero-order chi connectivity index (χ0) is 10.5. The molecule has 0 aliphatic rings. The van der Waals surface area contributed by atoms with Gasteiger partial charge >= 0.3 is 6.09 Å². The molecule has 1 unspecified atom stereocenters. The minimum Gasteiger partial charge on any atom is -0.446 e. The molecule has 0 bridgehead atoms. The first-order valence-electron chi connectivity index (χ1n) is 4.43. The second-order valence-electron chi connectivity index (χ2n) is 4.06. The van der Waals surface area contributed by atoms with Crippen LogP contribution in [0.25, 0.3) is 0 Å². The molecule has 0 fully saturated rings. The average molecular weight is 189 g/mol. The third-order valence-electron chi connectivity index (χ3n) is 1.88. The van der Waals surface area contributed by atoms with E-state index >= 15 is 0 Å². The second-order valence-corrected chi connectivity index (χ2v) is 4.06. The van der Waals surface area contributed by atoms with Gasteiger partial charge in [-0.3, -0.25) is 0 Å². The maximum atomic E-state index is 11.0. The Bertz CT molecular complexity index is 163. The maximum Gasteiger partial charge on any atom is 0.407 e. The molecule has 0 aromatic heterocycles. The van der Waals surface area contributed by atoms with Crippen LogP contribution in [0, 0.1) is 5.41 Å². The van der Waals surface area contributed by atoms with Crippen LogP contribution in [-0.4, -0.2) is 30.5 Å². The summed E-state index contributed by atoms with van der Waals surface area (Å²) in [7, 11) is 0. The average Bonchev–Trinajstić information content (AvgIpc) is 1.99. The molecule has 1 atom stereocenters. The molecule has 2 N–H and O–H groups in total. The van der Waals surface area contributed by atoms with Gasteiger partial charge < -0.3 is 15.2 Å². The van der Waals surface area contributed by atoms with Crippen LogP contribution in [0.15, 0.2) is 0 Å². The SMILES string of the molecule is CC(OC(=O)NCCO)C(C)(C)C. The summed E-state index contributed by atoms with van der Waals surface area (Å²) in [6, 6.07) is 0. The number of nitrogens with one attached hydrogen (secondary N) is 1. The Morgan fingerprint density at radius 3 is 2.46 bits per heavy atom. The van der Waals surface area contributed by atoms with Crippen molar-refractivity contribution in [3.05, 3.63) is 0 Å². The van der Waals surface area contributed by atoms with Gasteiger partial charge in [0.2, 0.25) is 0 Å². The molecule has 78 valence electrons. The number of hydrogen-bond donors (Lipinski definition) is 2. The van der Waals surface area contributed by atoms with Gasteiger partial charge in [-0.2, -0.15) is 0 Å². The molecule has 0 heterocycles. The summed E-state index contributed by atoms with van der Waals surface area (Å²) >= 11 is 0. The van der Waals surface area contributed by atoms with Crippen LogP contribution in [-0.2, 0) is 4.74 Å². The standard InChI is InChI=1S/C9H19NO3/c1-7(9(2,3)4)13-8(12)10-5-6-11/h7,11H,5-6H2,1-4H3,(H,10,12). The minimum atomic E-state index is -0.475. The molecule has 13 heavy (non-hydrogen) atoms. The summed E-state index contributed by atoms with van der Waals surface area (Å²) < 4.78 is 5.06. The summed E-state index contributed by atoms with van der Waals surface area (Å²) in [5, 5.41) is 10.9. The lowest BCUT2D eigenvalue weighted by Gasteiger charge is -2.26. The molecular weight excluding hydrogens is 170 g/mol. The van der Waals surface area contributed by atoms with Crippen LogP contribution < -0.4 is 5.32 Å². The van der Waals surface area contributed by atoms with E-state index in [1.54, 1.807) is 0 Å². The van der Waals surface area contributed by atoms with Crippen molar-refractivity contribution in [3.63, 3.8) is 0 Å². The van der Waals surface area contributed by atoms with Gasteiger partial charge in [0.05, 0.1) is 6.61 Å². The lowest BCUT2D eigenvalue weighted by atomic mass is 9.90. The molecule has 0 spiro atoms. The van der Waals surface area contributed by atoms with Crippen LogP contribution in [0.4, 0.5) is 4.79 Å². The summed E-state index contributed by atoms with van der Waals surface area (Å²) in [5.41, 5.74) is -0.0590. The fourth-order valence-corrected chi connectivity index (χ4v) is 0.537. The van der Waals surface area contributed by atoms with Gasteiger partial charge in [0.1, 0.15) is 6.10 Å². The minimum absolute atomic E-state index is 0.0590. The highest BCUT2D eigenvalue weighted by atomic mass is 16.6. The third-order valence-corrected chi connectivity index (χ3v) is 1.88. The van der Waals surface area contributed by atoms with E-state index in [1.165, 1.54) is 0 Å². The van der Waals surface area contributed by atoms with Gasteiger partial charge in [-0.25, -0.2) is 4.79 Å². The first kappa shape index (κ1) is 12.2. The van der Waals surface area contributed by atoms with E-state index in [0.717, 1.165) is 0 Å². The van der Waals surface area contributed by atoms with Crippen LogP contribution in [0.3, 0.4) is 0 Å². The number of amides is 1. The largest absolute Gasteiger partial charge is 0.446 e. The van der Waals surface area contributed by atoms with Gasteiger partial charge in [0.25, 0.3) is 0 Å². The number of aliphatic hydroxyl groups excluding tert-OH is 1. The molecule has 0 aromatic carbocycles. The van der Waals surface area contributed by atoms with E-state index in [4.69, 9.17) is 9.84 Å². The summed E-state index contributed by atoms with van der Waals surface area (Å²) in [4.78, 5) is 11.0. The molecule has 1 amide bonds. The summed E-state index contributed by atoms with van der Waals surface area (Å²) in [6.45, 7) is 8.00. The predicted molar refractivity (Wildman–Crippen MR) is 50.5 cm³/mol. The van der Waals surface area contributed by atoms with Crippen molar-refractivity contribution < 1.29 is 14.6 Å². The lowest BCUT2D eigenvalue weighted by molar-refractivity contribution is 0.0431. The molecule has 0 rings (SSSR count). The molecule has 4 nitrogen and oxygen atoms in total. The Balaban J connectivity index is 3.79. The zero-order valence-electron chi connectivity index (χ0n) is 8.76. The normalized spacial score (nSPS) is 13.6. The Morgan fingerprint density at radius 1 is 1.54 bits per heavy atom. The van der Waals surface area contributed by atoms with Crippen molar-refractivity contribution in [2.45, 2.75) is 33.8 Å². The maximum absolute atomic E-state index is 11.0. The molecule has 0 radical (unpaired) electrons. The van der Waals surface area contributed by atoms with Crippen LogP contribution in [0.1, 0.15) is 27.7 Å². The fourth-order valence-electron chi connectivity index (χ4n) is 0.537. The highest BCUT2D eigenvalue weighted by Crippen LogP contribution is 2.21. The number of alkyl carbamates (subject to hydrolysis) is 1. The molecular formula is C9H19NO3. The van der Waals surface area contributed by atoms with Gasteiger partial charge in [-0.15, -0.1) is 0 Å². The first-order valence-corrected chi connectivity index (χ1v) is 4.43. The van der Waals surface area contributed by atoms with Crippen molar-refractivity contribution in [1.29, 1.82) is 0 Å². The predicted octanol–water partition coefficient (Wildman–Crippen LogP) is 1.14. The number of hydrogen-bond acceptors (Lipinski definition) is 3. The molecule has 0 aliphatic heterocycles. The van der Waals surface area contributed by atoms with E-state index in [-0.39, 0.29) is 24.7 Å². The lowest BCUT2D eigenvalue weighted by Crippen LogP contribution is -2.35. The van der Waals surface area contributed by atoms with Crippen molar-refractivity contribution >= 4 is 6.09 Å². The highest BCUT2D eigenvalue weighted by Gasteiger charge is 2.23. The van der Waals surface area contributed by atoms with E-state index < -0.39 is 6.09 Å². The van der Waals surface area contributed by atoms with Gasteiger partial charge in [0.15, 0.2) is 0 Å². The number of ether oxygens (including phenoxy) is 1. The van der Waals surface area contributed by atoms with E-state index in [9.17, 15) is 4.79 Å². The van der Waals surface area contributed by atoms with Gasteiger partial charge in [-0.1, -0.05) is 20.8 Å². The number of carbonyl (C=O) groups is 1. The second kappa shape index (κ2) is 5.07. The smallest absolute Gasteiger partial charge is 0.407 e. The molecule has 0 saturated heterocycles. The van der Waals surface area contributed by atoms with Crippen LogP contribution >= 0.6 is 0 Å². The topological polar surface area (TPSA) is 58.6 Å². The van der Waals surface area contributed by atoms with Crippen LogP contribution in [0.2, 0.25) is 0 Å². The number of rotatable bonds is 3. The van der Waals surface area contributed by atoms with E-state index in [0.29, 0.717) is 0 Å². The summed E-state index contributed by atoms with van der Waals surface area (Å²) in [5.74, 6) is 0. The Kier molecular flexibility index (Phi) is 4.77. The molecule has 4 heteroatoms. The number of aliphatic hydroxyl groups is 1. The fraction of sp³-hybridized carbons (Fsp3) is 0.889. The Hall–Kier alpha value is -0.770. The van der Waals surface area contributed by atoms with Gasteiger partial charge in [0, 0.05) is 6.54 Å². The van der Waals surface area contributed by atoms with Crippen molar-refractivity contribution in [2.75, 3.05) is 13.2 Å². The van der Waals surface area contributed by atoms with E-state index in [1.807, 2.05) is 27.7 Å².